The number of aliphatic carboxylic acids is 1. The molecule has 106 valence electrons. The van der Waals surface area contributed by atoms with E-state index in [4.69, 9.17) is 11.6 Å². The Bertz CT molecular complexity index is 603. The third-order valence-electron chi connectivity index (χ3n) is 2.91. The molecule has 7 heteroatoms. The van der Waals surface area contributed by atoms with Crippen LogP contribution in [0.1, 0.15) is 12.0 Å². The average molecular weight is 312 g/mol. The van der Waals surface area contributed by atoms with Gasteiger partial charge in [0.25, 0.3) is 0 Å². The van der Waals surface area contributed by atoms with Crippen LogP contribution in [0.2, 0.25) is 5.02 Å². The van der Waals surface area contributed by atoms with E-state index in [0.29, 0.717) is 15.9 Å². The number of aryl methyl sites for hydroxylation is 1. The Morgan fingerprint density at radius 2 is 2.25 bits per heavy atom. The van der Waals surface area contributed by atoms with Crippen LogP contribution in [0.15, 0.2) is 23.2 Å². The minimum Gasteiger partial charge on any atom is -0.549 e. The van der Waals surface area contributed by atoms with Crippen LogP contribution in [-0.2, 0) is 9.59 Å². The predicted molar refractivity (Wildman–Crippen MR) is 77.1 cm³/mol. The minimum absolute atomic E-state index is 0.0861. The van der Waals surface area contributed by atoms with Gasteiger partial charge >= 0.3 is 0 Å². The number of rotatable bonds is 2. The number of amides is 1. The van der Waals surface area contributed by atoms with Gasteiger partial charge in [0, 0.05) is 18.5 Å². The van der Waals surface area contributed by atoms with Gasteiger partial charge in [0.1, 0.15) is 0 Å². The normalized spacial score (nSPS) is 21.4. The molecule has 1 atom stereocenters. The lowest BCUT2D eigenvalue weighted by Crippen LogP contribution is -2.45. The smallest absolute Gasteiger partial charge is 0.229 e. The van der Waals surface area contributed by atoms with E-state index >= 15 is 0 Å². The number of hydrogen-bond acceptors (Lipinski definition) is 5. The first-order valence-electron chi connectivity index (χ1n) is 5.87. The van der Waals surface area contributed by atoms with Crippen molar-refractivity contribution in [2.45, 2.75) is 18.6 Å². The molecule has 1 unspecified atom stereocenters. The van der Waals surface area contributed by atoms with Gasteiger partial charge in [0.15, 0.2) is 5.17 Å². The van der Waals surface area contributed by atoms with E-state index in [1.54, 1.807) is 19.2 Å². The van der Waals surface area contributed by atoms with Crippen LogP contribution >= 0.6 is 23.4 Å². The molecule has 1 fully saturated rings. The number of amidine groups is 1. The van der Waals surface area contributed by atoms with Crippen LogP contribution in [0.4, 0.5) is 5.69 Å². The van der Waals surface area contributed by atoms with E-state index in [2.05, 4.69) is 4.99 Å². The summed E-state index contributed by atoms with van der Waals surface area (Å²) < 4.78 is 0. The summed E-state index contributed by atoms with van der Waals surface area (Å²) >= 11 is 7.02. The third kappa shape index (κ3) is 3.13. The Kier molecular flexibility index (Phi) is 4.35. The summed E-state index contributed by atoms with van der Waals surface area (Å²) in [5, 5.41) is 10.9. The van der Waals surface area contributed by atoms with E-state index in [1.165, 1.54) is 4.90 Å². The Morgan fingerprint density at radius 3 is 2.85 bits per heavy atom. The number of benzene rings is 1. The third-order valence-corrected chi connectivity index (χ3v) is 4.54. The van der Waals surface area contributed by atoms with Crippen LogP contribution < -0.4 is 5.11 Å². The number of nitrogens with zero attached hydrogens (tertiary/aromatic N) is 2. The Hall–Kier alpha value is -1.53. The van der Waals surface area contributed by atoms with E-state index < -0.39 is 11.2 Å². The second-order valence-corrected chi connectivity index (χ2v) is 5.99. The SMILES string of the molecule is Cc1ccc(N=C2SC(C(=O)[O-])CC(=O)N2C)cc1Cl. The zero-order valence-electron chi connectivity index (χ0n) is 10.9. The largest absolute Gasteiger partial charge is 0.549 e. The van der Waals surface area contributed by atoms with Gasteiger partial charge in [-0.3, -0.25) is 9.69 Å². The lowest BCUT2D eigenvalue weighted by atomic mass is 10.2. The standard InChI is InChI=1S/C13H13ClN2O3S/c1-7-3-4-8(5-9(7)14)15-13-16(2)11(17)6-10(20-13)12(18)19/h3-5,10H,6H2,1-2H3,(H,18,19)/p-1. The summed E-state index contributed by atoms with van der Waals surface area (Å²) in [6.45, 7) is 1.87. The number of aliphatic imine (C=N–C) groups is 1. The van der Waals surface area contributed by atoms with E-state index in [0.717, 1.165) is 17.3 Å². The van der Waals surface area contributed by atoms with E-state index in [1.807, 2.05) is 13.0 Å². The molecular formula is C13H12ClN2O3S-. The molecule has 1 saturated heterocycles. The number of carbonyl (C=O) groups is 2. The van der Waals surface area contributed by atoms with Gasteiger partial charge in [-0.05, 0) is 24.6 Å². The predicted octanol–water partition coefficient (Wildman–Crippen LogP) is 1.35. The van der Waals surface area contributed by atoms with Crippen molar-refractivity contribution in [1.29, 1.82) is 0 Å². The summed E-state index contributed by atoms with van der Waals surface area (Å²) in [6.07, 6.45) is -0.0861. The molecule has 0 bridgehead atoms. The molecule has 5 nitrogen and oxygen atoms in total. The summed E-state index contributed by atoms with van der Waals surface area (Å²) in [7, 11) is 1.56. The van der Waals surface area contributed by atoms with Crippen molar-refractivity contribution >= 4 is 46.1 Å². The van der Waals surface area contributed by atoms with Crippen LogP contribution in [0, 0.1) is 6.92 Å². The van der Waals surface area contributed by atoms with Crippen molar-refractivity contribution in [3.8, 4) is 0 Å². The van der Waals surface area contributed by atoms with E-state index in [-0.39, 0.29) is 12.3 Å². The summed E-state index contributed by atoms with van der Waals surface area (Å²) in [6, 6.07) is 5.24. The maximum atomic E-state index is 11.7. The number of carbonyl (C=O) groups excluding carboxylic acids is 2. The quantitative estimate of drug-likeness (QED) is 0.826. The molecule has 0 radical (unpaired) electrons. The van der Waals surface area contributed by atoms with Crippen molar-refractivity contribution in [1.82, 2.24) is 4.90 Å². The molecule has 0 N–H and O–H groups in total. The fraction of sp³-hybridized carbons (Fsp3) is 0.308. The molecule has 1 heterocycles. The van der Waals surface area contributed by atoms with Gasteiger partial charge in [0.2, 0.25) is 5.91 Å². The molecule has 20 heavy (non-hydrogen) atoms. The van der Waals surface area contributed by atoms with Crippen LogP contribution in [0.5, 0.6) is 0 Å². The highest BCUT2D eigenvalue weighted by atomic mass is 35.5. The zero-order valence-corrected chi connectivity index (χ0v) is 12.5. The second kappa shape index (κ2) is 5.85. The first-order chi connectivity index (χ1) is 9.38. The van der Waals surface area contributed by atoms with Crippen molar-refractivity contribution in [2.75, 3.05) is 7.05 Å². The number of halogens is 1. The maximum Gasteiger partial charge on any atom is 0.229 e. The Morgan fingerprint density at radius 1 is 1.55 bits per heavy atom. The van der Waals surface area contributed by atoms with Gasteiger partial charge in [-0.2, -0.15) is 0 Å². The lowest BCUT2D eigenvalue weighted by molar-refractivity contribution is -0.304. The van der Waals surface area contributed by atoms with Gasteiger partial charge in [-0.1, -0.05) is 29.4 Å². The van der Waals surface area contributed by atoms with Crippen molar-refractivity contribution in [2.24, 2.45) is 4.99 Å². The Balaban J connectivity index is 2.32. The topological polar surface area (TPSA) is 72.8 Å². The fourth-order valence-corrected chi connectivity index (χ4v) is 2.81. The Labute approximate surface area is 125 Å². The monoisotopic (exact) mass is 311 g/mol. The summed E-state index contributed by atoms with van der Waals surface area (Å²) in [4.78, 5) is 28.3. The van der Waals surface area contributed by atoms with Gasteiger partial charge in [0.05, 0.1) is 16.9 Å². The molecule has 1 aliphatic rings. The molecular weight excluding hydrogens is 300 g/mol. The molecule has 0 aromatic heterocycles. The molecule has 0 aliphatic carbocycles. The lowest BCUT2D eigenvalue weighted by Gasteiger charge is -2.29. The highest BCUT2D eigenvalue weighted by Crippen LogP contribution is 2.29. The second-order valence-electron chi connectivity index (χ2n) is 4.41. The molecule has 1 aromatic carbocycles. The average Bonchev–Trinajstić information content (AvgIpc) is 2.38. The summed E-state index contributed by atoms with van der Waals surface area (Å²) in [5.41, 5.74) is 1.49. The van der Waals surface area contributed by atoms with Crippen LogP contribution in [0.25, 0.3) is 0 Å². The van der Waals surface area contributed by atoms with Crippen molar-refractivity contribution in [3.63, 3.8) is 0 Å². The van der Waals surface area contributed by atoms with Gasteiger partial charge in [-0.15, -0.1) is 0 Å². The number of thioether (sulfide) groups is 1. The molecule has 2 rings (SSSR count). The molecule has 1 aliphatic heterocycles. The van der Waals surface area contributed by atoms with E-state index in [9.17, 15) is 14.7 Å². The molecule has 0 spiro atoms. The molecule has 1 aromatic rings. The zero-order chi connectivity index (χ0) is 14.9. The molecule has 1 amide bonds. The molecule has 0 saturated carbocycles. The highest BCUT2D eigenvalue weighted by Gasteiger charge is 2.30. The maximum absolute atomic E-state index is 11.7. The number of hydrogen-bond donors (Lipinski definition) is 0. The summed E-state index contributed by atoms with van der Waals surface area (Å²) in [5.74, 6) is -1.55. The van der Waals surface area contributed by atoms with Crippen molar-refractivity contribution in [3.05, 3.63) is 28.8 Å². The van der Waals surface area contributed by atoms with Gasteiger partial charge in [-0.25, -0.2) is 4.99 Å². The first-order valence-corrected chi connectivity index (χ1v) is 7.13. The number of carboxylic acids is 1. The number of carboxylic acid groups (broad SMARTS) is 1. The van der Waals surface area contributed by atoms with Crippen LogP contribution in [-0.4, -0.2) is 34.2 Å². The van der Waals surface area contributed by atoms with Crippen LogP contribution in [0.3, 0.4) is 0 Å². The fourth-order valence-electron chi connectivity index (χ4n) is 1.64. The highest BCUT2D eigenvalue weighted by molar-refractivity contribution is 8.15. The van der Waals surface area contributed by atoms with Crippen molar-refractivity contribution < 1.29 is 14.7 Å². The van der Waals surface area contributed by atoms with Gasteiger partial charge < -0.3 is 9.90 Å². The minimum atomic E-state index is -1.26. The first kappa shape index (κ1) is 14.9.